The molecule has 17 heavy (non-hydrogen) atoms. The summed E-state index contributed by atoms with van der Waals surface area (Å²) >= 11 is 0. The number of nitrogens with zero attached hydrogens (tertiary/aromatic N) is 1. The van der Waals surface area contributed by atoms with Crippen molar-refractivity contribution < 1.29 is 9.90 Å². The van der Waals surface area contributed by atoms with Crippen LogP contribution in [0.5, 0.6) is 0 Å². The van der Waals surface area contributed by atoms with Gasteiger partial charge in [0.1, 0.15) is 0 Å². The number of carbonyl (C=O) groups excluding carboxylic acids is 1. The summed E-state index contributed by atoms with van der Waals surface area (Å²) < 4.78 is 0. The van der Waals surface area contributed by atoms with E-state index in [4.69, 9.17) is 10.8 Å². The molecule has 0 aromatic heterocycles. The van der Waals surface area contributed by atoms with E-state index in [1.54, 1.807) is 0 Å². The molecule has 0 bridgehead atoms. The van der Waals surface area contributed by atoms with Gasteiger partial charge in [0.15, 0.2) is 0 Å². The maximum Gasteiger partial charge on any atom is 0.225 e. The molecule has 1 amide bonds. The first-order chi connectivity index (χ1) is 8.22. The SMILES string of the molecule is CCCN(CCO)C(=O)C1CCCC(CN)C1. The molecule has 2 unspecified atom stereocenters. The Morgan fingerprint density at radius 1 is 1.41 bits per heavy atom. The van der Waals surface area contributed by atoms with Crippen LogP contribution in [-0.2, 0) is 4.79 Å². The molecule has 1 aliphatic carbocycles. The third-order valence-electron chi connectivity index (χ3n) is 3.64. The number of aliphatic hydroxyl groups excluding tert-OH is 1. The normalized spacial score (nSPS) is 24.6. The highest BCUT2D eigenvalue weighted by molar-refractivity contribution is 5.79. The summed E-state index contributed by atoms with van der Waals surface area (Å²) in [7, 11) is 0. The molecule has 0 aromatic carbocycles. The summed E-state index contributed by atoms with van der Waals surface area (Å²) in [5.74, 6) is 0.866. The number of amides is 1. The fraction of sp³-hybridized carbons (Fsp3) is 0.923. The Kier molecular flexibility index (Phi) is 6.52. The quantitative estimate of drug-likeness (QED) is 0.729. The van der Waals surface area contributed by atoms with Gasteiger partial charge in [0, 0.05) is 19.0 Å². The van der Waals surface area contributed by atoms with Crippen molar-refractivity contribution in [1.29, 1.82) is 0 Å². The number of rotatable bonds is 6. The topological polar surface area (TPSA) is 66.6 Å². The summed E-state index contributed by atoms with van der Waals surface area (Å²) in [4.78, 5) is 14.1. The lowest BCUT2D eigenvalue weighted by Gasteiger charge is -2.32. The number of hydrogen-bond acceptors (Lipinski definition) is 3. The van der Waals surface area contributed by atoms with Crippen molar-refractivity contribution in [2.75, 3.05) is 26.2 Å². The minimum absolute atomic E-state index is 0.0543. The van der Waals surface area contributed by atoms with Crippen LogP contribution in [0.15, 0.2) is 0 Å². The fourth-order valence-corrected chi connectivity index (χ4v) is 2.71. The van der Waals surface area contributed by atoms with Crippen molar-refractivity contribution >= 4 is 5.91 Å². The Morgan fingerprint density at radius 3 is 2.76 bits per heavy atom. The fourth-order valence-electron chi connectivity index (χ4n) is 2.71. The Hall–Kier alpha value is -0.610. The number of nitrogens with two attached hydrogens (primary N) is 1. The van der Waals surface area contributed by atoms with Crippen molar-refractivity contribution in [3.63, 3.8) is 0 Å². The van der Waals surface area contributed by atoms with Crippen LogP contribution in [0.4, 0.5) is 0 Å². The third kappa shape index (κ3) is 4.28. The van der Waals surface area contributed by atoms with E-state index in [2.05, 4.69) is 6.92 Å². The van der Waals surface area contributed by atoms with E-state index in [1.165, 1.54) is 0 Å². The molecule has 0 radical (unpaired) electrons. The van der Waals surface area contributed by atoms with E-state index >= 15 is 0 Å². The molecule has 0 heterocycles. The summed E-state index contributed by atoms with van der Waals surface area (Å²) in [5.41, 5.74) is 5.69. The number of hydrogen-bond donors (Lipinski definition) is 2. The lowest BCUT2D eigenvalue weighted by atomic mass is 9.80. The first kappa shape index (κ1) is 14.5. The Balaban J connectivity index is 2.53. The van der Waals surface area contributed by atoms with Crippen LogP contribution in [0, 0.1) is 11.8 Å². The highest BCUT2D eigenvalue weighted by atomic mass is 16.3. The number of carbonyl (C=O) groups is 1. The zero-order valence-electron chi connectivity index (χ0n) is 10.9. The Labute approximate surface area is 104 Å². The van der Waals surface area contributed by atoms with Crippen LogP contribution < -0.4 is 5.73 Å². The second kappa shape index (κ2) is 7.67. The largest absolute Gasteiger partial charge is 0.395 e. The summed E-state index contributed by atoms with van der Waals surface area (Å²) in [6.45, 7) is 4.02. The van der Waals surface area contributed by atoms with Crippen LogP contribution in [0.2, 0.25) is 0 Å². The molecule has 4 heteroatoms. The van der Waals surface area contributed by atoms with Crippen LogP contribution >= 0.6 is 0 Å². The van der Waals surface area contributed by atoms with Crippen LogP contribution in [0.25, 0.3) is 0 Å². The van der Waals surface area contributed by atoms with Gasteiger partial charge >= 0.3 is 0 Å². The molecule has 0 spiro atoms. The van der Waals surface area contributed by atoms with Crippen molar-refractivity contribution in [1.82, 2.24) is 4.90 Å². The lowest BCUT2D eigenvalue weighted by Crippen LogP contribution is -2.40. The average molecular weight is 242 g/mol. The van der Waals surface area contributed by atoms with Crippen molar-refractivity contribution in [3.8, 4) is 0 Å². The Morgan fingerprint density at radius 2 is 2.18 bits per heavy atom. The first-order valence-corrected chi connectivity index (χ1v) is 6.82. The first-order valence-electron chi connectivity index (χ1n) is 6.82. The van der Waals surface area contributed by atoms with Gasteiger partial charge in [-0.15, -0.1) is 0 Å². The van der Waals surface area contributed by atoms with E-state index in [0.717, 1.165) is 38.6 Å². The molecule has 0 aromatic rings. The van der Waals surface area contributed by atoms with E-state index < -0.39 is 0 Å². The second-order valence-corrected chi connectivity index (χ2v) is 5.01. The molecule has 1 aliphatic rings. The van der Waals surface area contributed by atoms with Gasteiger partial charge in [-0.25, -0.2) is 0 Å². The maximum absolute atomic E-state index is 12.3. The van der Waals surface area contributed by atoms with E-state index in [1.807, 2.05) is 4.90 Å². The molecule has 100 valence electrons. The molecule has 3 N–H and O–H groups in total. The van der Waals surface area contributed by atoms with Crippen LogP contribution in [-0.4, -0.2) is 42.2 Å². The van der Waals surface area contributed by atoms with E-state index in [9.17, 15) is 4.79 Å². The Bertz CT molecular complexity index is 227. The molecule has 2 atom stereocenters. The smallest absolute Gasteiger partial charge is 0.225 e. The van der Waals surface area contributed by atoms with Gasteiger partial charge in [0.2, 0.25) is 5.91 Å². The van der Waals surface area contributed by atoms with Crippen LogP contribution in [0.1, 0.15) is 39.0 Å². The second-order valence-electron chi connectivity index (χ2n) is 5.01. The molecule has 1 rings (SSSR count). The van der Waals surface area contributed by atoms with Crippen molar-refractivity contribution in [3.05, 3.63) is 0 Å². The van der Waals surface area contributed by atoms with E-state index in [0.29, 0.717) is 19.0 Å². The van der Waals surface area contributed by atoms with Gasteiger partial charge in [-0.05, 0) is 38.1 Å². The van der Waals surface area contributed by atoms with E-state index in [-0.39, 0.29) is 18.4 Å². The summed E-state index contributed by atoms with van der Waals surface area (Å²) in [6.07, 6.45) is 5.13. The molecular formula is C13H26N2O2. The molecule has 4 nitrogen and oxygen atoms in total. The molecular weight excluding hydrogens is 216 g/mol. The van der Waals surface area contributed by atoms with Gasteiger partial charge in [-0.1, -0.05) is 13.3 Å². The lowest BCUT2D eigenvalue weighted by molar-refractivity contribution is -0.137. The van der Waals surface area contributed by atoms with Gasteiger partial charge < -0.3 is 15.7 Å². The van der Waals surface area contributed by atoms with Crippen molar-refractivity contribution in [2.24, 2.45) is 17.6 Å². The maximum atomic E-state index is 12.3. The molecule has 0 aliphatic heterocycles. The predicted octanol–water partition coefficient (Wildman–Crippen LogP) is 0.982. The van der Waals surface area contributed by atoms with Gasteiger partial charge in [-0.3, -0.25) is 4.79 Å². The third-order valence-corrected chi connectivity index (χ3v) is 3.64. The van der Waals surface area contributed by atoms with Crippen LogP contribution in [0.3, 0.4) is 0 Å². The standard InChI is InChI=1S/C13H26N2O2/c1-2-6-15(7-8-16)13(17)12-5-3-4-11(9-12)10-14/h11-12,16H,2-10,14H2,1H3. The summed E-state index contributed by atoms with van der Waals surface area (Å²) in [5, 5.41) is 8.99. The predicted molar refractivity (Wildman–Crippen MR) is 68.5 cm³/mol. The zero-order chi connectivity index (χ0) is 12.7. The monoisotopic (exact) mass is 242 g/mol. The minimum atomic E-state index is 0.0543. The van der Waals surface area contributed by atoms with Crippen molar-refractivity contribution in [2.45, 2.75) is 39.0 Å². The summed E-state index contributed by atoms with van der Waals surface area (Å²) in [6, 6.07) is 0. The number of aliphatic hydroxyl groups is 1. The van der Waals surface area contributed by atoms with Gasteiger partial charge in [0.05, 0.1) is 6.61 Å². The molecule has 1 fully saturated rings. The van der Waals surface area contributed by atoms with Gasteiger partial charge in [-0.2, -0.15) is 0 Å². The van der Waals surface area contributed by atoms with Gasteiger partial charge in [0.25, 0.3) is 0 Å². The average Bonchev–Trinajstić information content (AvgIpc) is 2.38. The zero-order valence-corrected chi connectivity index (χ0v) is 10.9. The highest BCUT2D eigenvalue weighted by Gasteiger charge is 2.29. The molecule has 1 saturated carbocycles. The molecule has 0 saturated heterocycles. The minimum Gasteiger partial charge on any atom is -0.395 e. The highest BCUT2D eigenvalue weighted by Crippen LogP contribution is 2.29.